The summed E-state index contributed by atoms with van der Waals surface area (Å²) in [4.78, 5) is 46.9. The van der Waals surface area contributed by atoms with Crippen LogP contribution >= 0.6 is 11.6 Å². The number of aromatic amines is 1. The molecule has 4 aromatic rings. The van der Waals surface area contributed by atoms with Crippen LogP contribution in [0.5, 0.6) is 5.75 Å². The molecular formula is C26H26ClN7O4. The number of carbonyl (C=O) groups excluding carboxylic acids is 1. The number of hydrogen-bond acceptors (Lipinski definition) is 9. The second-order valence-electron chi connectivity index (χ2n) is 8.91. The van der Waals surface area contributed by atoms with E-state index in [1.54, 1.807) is 31.3 Å². The number of benzene rings is 1. The standard InChI is InChI=1S/C26H26ClN7O4/c1-4-18-13-38-26(36)34(18)25-31-15(3)30-24(33-25)29-14(2)19-9-16-10-20(27)22(11-21(16)32-23(19)35)37-12-17-7-5-6-8-28-17/h5-11,14,18H,4,12-13H2,1-3H3,(H,32,35)(H,29,30,31,33)/t14-,18-/m0/s1. The molecule has 0 bridgehead atoms. The first kappa shape index (κ1) is 25.4. The zero-order valence-electron chi connectivity index (χ0n) is 21.1. The fraction of sp³-hybridized carbons (Fsp3) is 0.308. The van der Waals surface area contributed by atoms with Gasteiger partial charge in [0, 0.05) is 23.2 Å². The van der Waals surface area contributed by atoms with Gasteiger partial charge in [0.2, 0.25) is 11.9 Å². The smallest absolute Gasteiger partial charge is 0.417 e. The molecule has 4 heterocycles. The topological polar surface area (TPSA) is 135 Å². The molecule has 12 heteroatoms. The van der Waals surface area contributed by atoms with Crippen LogP contribution < -0.4 is 20.5 Å². The molecule has 2 atom stereocenters. The summed E-state index contributed by atoms with van der Waals surface area (Å²) >= 11 is 6.48. The van der Waals surface area contributed by atoms with Crippen LogP contribution in [0.4, 0.5) is 16.7 Å². The van der Waals surface area contributed by atoms with Gasteiger partial charge in [-0.2, -0.15) is 15.0 Å². The highest BCUT2D eigenvalue weighted by atomic mass is 35.5. The third-order valence-electron chi connectivity index (χ3n) is 6.22. The first-order valence-electron chi connectivity index (χ1n) is 12.2. The Balaban J connectivity index is 1.38. The molecule has 0 unspecified atom stereocenters. The van der Waals surface area contributed by atoms with Crippen LogP contribution in [0.25, 0.3) is 10.9 Å². The number of hydrogen-bond donors (Lipinski definition) is 2. The van der Waals surface area contributed by atoms with Crippen molar-refractivity contribution in [3.8, 4) is 5.75 Å². The van der Waals surface area contributed by atoms with Crippen molar-refractivity contribution in [2.45, 2.75) is 45.9 Å². The number of carbonyl (C=O) groups is 1. The van der Waals surface area contributed by atoms with Gasteiger partial charge in [0.25, 0.3) is 5.56 Å². The predicted octanol–water partition coefficient (Wildman–Crippen LogP) is 4.56. The van der Waals surface area contributed by atoms with Crippen LogP contribution in [-0.4, -0.2) is 43.7 Å². The number of ether oxygens (including phenoxy) is 2. The molecule has 0 radical (unpaired) electrons. The van der Waals surface area contributed by atoms with Gasteiger partial charge >= 0.3 is 6.09 Å². The first-order valence-corrected chi connectivity index (χ1v) is 12.5. The number of aromatic nitrogens is 5. The summed E-state index contributed by atoms with van der Waals surface area (Å²) < 4.78 is 11.0. The predicted molar refractivity (Wildman–Crippen MR) is 143 cm³/mol. The summed E-state index contributed by atoms with van der Waals surface area (Å²) in [5, 5.41) is 4.30. The van der Waals surface area contributed by atoms with E-state index in [0.717, 1.165) is 11.1 Å². The number of pyridine rings is 2. The lowest BCUT2D eigenvalue weighted by molar-refractivity contribution is 0.178. The van der Waals surface area contributed by atoms with Gasteiger partial charge in [-0.25, -0.2) is 9.69 Å². The number of aryl methyl sites for hydroxylation is 1. The van der Waals surface area contributed by atoms with Gasteiger partial charge in [0.1, 0.15) is 24.8 Å². The van der Waals surface area contributed by atoms with E-state index in [0.29, 0.717) is 34.1 Å². The summed E-state index contributed by atoms with van der Waals surface area (Å²) in [5.41, 5.74) is 1.52. The Morgan fingerprint density at radius 1 is 1.24 bits per heavy atom. The molecule has 3 aromatic heterocycles. The van der Waals surface area contributed by atoms with Crippen molar-refractivity contribution in [1.29, 1.82) is 0 Å². The number of amides is 1. The number of anilines is 2. The Bertz CT molecular complexity index is 1550. The molecule has 0 saturated carbocycles. The van der Waals surface area contributed by atoms with Gasteiger partial charge in [-0.15, -0.1) is 0 Å². The molecule has 5 rings (SSSR count). The second-order valence-corrected chi connectivity index (χ2v) is 9.32. The van der Waals surface area contributed by atoms with Crippen molar-refractivity contribution in [3.05, 3.63) is 75.1 Å². The molecule has 1 aliphatic heterocycles. The molecule has 1 fully saturated rings. The van der Waals surface area contributed by atoms with E-state index in [2.05, 4.69) is 30.2 Å². The molecule has 1 saturated heterocycles. The highest BCUT2D eigenvalue weighted by molar-refractivity contribution is 6.32. The zero-order valence-corrected chi connectivity index (χ0v) is 21.8. The van der Waals surface area contributed by atoms with Crippen LogP contribution in [0.1, 0.15) is 43.4 Å². The summed E-state index contributed by atoms with van der Waals surface area (Å²) in [6, 6.07) is 10.1. The third kappa shape index (κ3) is 5.23. The van der Waals surface area contributed by atoms with Crippen molar-refractivity contribution in [1.82, 2.24) is 24.9 Å². The number of halogens is 1. The molecule has 0 spiro atoms. The van der Waals surface area contributed by atoms with Gasteiger partial charge in [-0.3, -0.25) is 9.78 Å². The van der Waals surface area contributed by atoms with Gasteiger partial charge in [-0.1, -0.05) is 24.6 Å². The van der Waals surface area contributed by atoms with E-state index in [4.69, 9.17) is 21.1 Å². The monoisotopic (exact) mass is 535 g/mol. The van der Waals surface area contributed by atoms with Crippen molar-refractivity contribution < 1.29 is 14.3 Å². The van der Waals surface area contributed by atoms with E-state index < -0.39 is 12.1 Å². The average Bonchev–Trinajstić information content (AvgIpc) is 3.28. The summed E-state index contributed by atoms with van der Waals surface area (Å²) in [7, 11) is 0. The Morgan fingerprint density at radius 3 is 2.84 bits per heavy atom. The largest absolute Gasteiger partial charge is 0.486 e. The SMILES string of the molecule is CC[C@H]1COC(=O)N1c1nc(C)nc(N[C@@H](C)c2cc3cc(Cl)c(OCc4ccccn4)cc3[nH]c2=O)n1. The van der Waals surface area contributed by atoms with Crippen molar-refractivity contribution in [2.75, 3.05) is 16.8 Å². The van der Waals surface area contributed by atoms with E-state index >= 15 is 0 Å². The quantitative estimate of drug-likeness (QED) is 0.333. The fourth-order valence-electron chi connectivity index (χ4n) is 4.21. The van der Waals surface area contributed by atoms with Crippen LogP contribution in [0.2, 0.25) is 5.02 Å². The molecule has 196 valence electrons. The number of rotatable bonds is 8. The lowest BCUT2D eigenvalue weighted by Crippen LogP contribution is -2.35. The third-order valence-corrected chi connectivity index (χ3v) is 6.52. The number of cyclic esters (lactones) is 1. The van der Waals surface area contributed by atoms with E-state index in [9.17, 15) is 9.59 Å². The van der Waals surface area contributed by atoms with E-state index in [-0.39, 0.29) is 36.7 Å². The lowest BCUT2D eigenvalue weighted by atomic mass is 10.1. The molecule has 1 aliphatic rings. The Morgan fingerprint density at radius 2 is 2.08 bits per heavy atom. The molecule has 11 nitrogen and oxygen atoms in total. The van der Waals surface area contributed by atoms with Crippen LogP contribution in [0.3, 0.4) is 0 Å². The first-order chi connectivity index (χ1) is 18.3. The maximum absolute atomic E-state index is 13.0. The maximum atomic E-state index is 13.0. The Hall–Kier alpha value is -4.25. The summed E-state index contributed by atoms with van der Waals surface area (Å²) in [5.74, 6) is 1.32. The van der Waals surface area contributed by atoms with Crippen molar-refractivity contribution in [2.24, 2.45) is 0 Å². The minimum atomic E-state index is -0.493. The number of nitrogens with zero attached hydrogens (tertiary/aromatic N) is 5. The zero-order chi connectivity index (χ0) is 26.8. The number of H-pyrrole nitrogens is 1. The molecule has 2 N–H and O–H groups in total. The number of fused-ring (bicyclic) bond motifs is 1. The lowest BCUT2D eigenvalue weighted by Gasteiger charge is -2.20. The van der Waals surface area contributed by atoms with Gasteiger partial charge < -0.3 is 19.8 Å². The fourth-order valence-corrected chi connectivity index (χ4v) is 4.44. The summed E-state index contributed by atoms with van der Waals surface area (Å²) in [6.07, 6.45) is 1.89. The van der Waals surface area contributed by atoms with Crippen molar-refractivity contribution in [3.63, 3.8) is 0 Å². The van der Waals surface area contributed by atoms with E-state index in [1.807, 2.05) is 32.0 Å². The summed E-state index contributed by atoms with van der Waals surface area (Å²) in [6.45, 7) is 6.02. The average molecular weight is 536 g/mol. The van der Waals surface area contributed by atoms with Gasteiger partial charge in [0.15, 0.2) is 0 Å². The maximum Gasteiger partial charge on any atom is 0.417 e. The van der Waals surface area contributed by atoms with Crippen molar-refractivity contribution >= 4 is 40.5 Å². The van der Waals surface area contributed by atoms with Gasteiger partial charge in [-0.05, 0) is 44.5 Å². The minimum absolute atomic E-state index is 0.152. The second kappa shape index (κ2) is 10.6. The van der Waals surface area contributed by atoms with Gasteiger partial charge in [0.05, 0.1) is 28.3 Å². The molecule has 1 amide bonds. The number of nitrogens with one attached hydrogen (secondary N) is 2. The molecular weight excluding hydrogens is 510 g/mol. The highest BCUT2D eigenvalue weighted by Crippen LogP contribution is 2.31. The van der Waals surface area contributed by atoms with Crippen LogP contribution in [0, 0.1) is 6.92 Å². The Labute approximate surface area is 223 Å². The van der Waals surface area contributed by atoms with Crippen LogP contribution in [0.15, 0.2) is 47.4 Å². The molecule has 0 aliphatic carbocycles. The molecule has 38 heavy (non-hydrogen) atoms. The van der Waals surface area contributed by atoms with E-state index in [1.165, 1.54) is 4.90 Å². The van der Waals surface area contributed by atoms with Crippen LogP contribution in [-0.2, 0) is 11.3 Å². The Kier molecular flexibility index (Phi) is 7.10. The minimum Gasteiger partial charge on any atom is -0.486 e. The molecule has 1 aromatic carbocycles. The highest BCUT2D eigenvalue weighted by Gasteiger charge is 2.35. The normalized spacial score (nSPS) is 15.9.